The number of carbonyl (C=O) groups excluding carboxylic acids is 4. The molecule has 42 heavy (non-hydrogen) atoms. The van der Waals surface area contributed by atoms with E-state index in [4.69, 9.17) is 19.9 Å². The first kappa shape index (κ1) is 34.7. The molecule has 0 aromatic rings. The third-order valence-electron chi connectivity index (χ3n) is 7.23. The van der Waals surface area contributed by atoms with E-state index in [1.54, 1.807) is 32.1 Å². The first-order valence-corrected chi connectivity index (χ1v) is 14.0. The molecular weight excluding hydrogens is 542 g/mol. The summed E-state index contributed by atoms with van der Waals surface area (Å²) in [6.45, 7) is 10.7. The molecule has 6 atom stereocenters. The highest BCUT2D eigenvalue weighted by Crippen LogP contribution is 2.29. The Kier molecular flexibility index (Phi) is 12.9. The van der Waals surface area contributed by atoms with Gasteiger partial charge in [-0.1, -0.05) is 38.2 Å². The van der Waals surface area contributed by atoms with Crippen LogP contribution >= 0.6 is 0 Å². The zero-order valence-corrected chi connectivity index (χ0v) is 25.7. The van der Waals surface area contributed by atoms with Crippen molar-refractivity contribution in [2.24, 2.45) is 17.6 Å². The molecule has 0 aromatic carbocycles. The van der Waals surface area contributed by atoms with Gasteiger partial charge in [-0.2, -0.15) is 0 Å². The molecule has 11 nitrogen and oxygen atoms in total. The minimum absolute atomic E-state index is 0.110. The molecule has 0 saturated heterocycles. The molecular formula is C31H45N3O8. The van der Waals surface area contributed by atoms with Gasteiger partial charge in [-0.25, -0.2) is 4.79 Å². The van der Waals surface area contributed by atoms with E-state index in [2.05, 4.69) is 10.6 Å². The predicted octanol–water partition coefficient (Wildman–Crippen LogP) is 2.76. The van der Waals surface area contributed by atoms with Crippen LogP contribution in [0.15, 0.2) is 58.5 Å². The van der Waals surface area contributed by atoms with E-state index in [1.165, 1.54) is 20.3 Å². The number of ether oxygens (including phenoxy) is 3. The molecule has 2 rings (SSSR count). The predicted molar refractivity (Wildman–Crippen MR) is 158 cm³/mol. The number of aliphatic hydroxyl groups is 1. The maximum atomic E-state index is 13.6. The maximum absolute atomic E-state index is 13.6. The smallest absolute Gasteiger partial charge is 0.405 e. The number of primary amides is 1. The molecule has 1 aliphatic heterocycles. The number of fused-ring (bicyclic) bond motifs is 2. The van der Waals surface area contributed by atoms with Crippen LogP contribution in [-0.2, 0) is 28.6 Å². The Bertz CT molecular complexity index is 1200. The SMILES string of the molecule is CO[C@H]1/C=C\C=C(\C)C(=O)NC2=CC(=O)C(NC(C)C)=C(C[C@@H](C)C[C@H](OC)[C@H](O)[C@@H](C)/C=C(/C)[C@@H]1OC(N)=O)C2=O. The Labute approximate surface area is 247 Å². The Morgan fingerprint density at radius 1 is 1.14 bits per heavy atom. The van der Waals surface area contributed by atoms with Gasteiger partial charge in [0.05, 0.1) is 23.6 Å². The number of Topliss-reactive ketones (excluding diaryl/α,β-unsaturated/α-hetero) is 1. The van der Waals surface area contributed by atoms with Crippen LogP contribution in [0.4, 0.5) is 4.79 Å². The van der Waals surface area contributed by atoms with Crippen LogP contribution in [0.2, 0.25) is 0 Å². The van der Waals surface area contributed by atoms with Crippen LogP contribution in [0.3, 0.4) is 0 Å². The Morgan fingerprint density at radius 3 is 2.38 bits per heavy atom. The summed E-state index contributed by atoms with van der Waals surface area (Å²) in [5, 5.41) is 16.9. The lowest BCUT2D eigenvalue weighted by atomic mass is 9.85. The summed E-state index contributed by atoms with van der Waals surface area (Å²) < 4.78 is 16.6. The average Bonchev–Trinajstić information content (AvgIpc) is 2.91. The van der Waals surface area contributed by atoms with Gasteiger partial charge in [0.1, 0.15) is 6.10 Å². The third-order valence-corrected chi connectivity index (χ3v) is 7.23. The molecule has 0 unspecified atom stereocenters. The lowest BCUT2D eigenvalue weighted by Gasteiger charge is -2.30. The molecule has 0 radical (unpaired) electrons. The molecule has 2 amide bonds. The fourth-order valence-corrected chi connectivity index (χ4v) is 5.03. The van der Waals surface area contributed by atoms with E-state index < -0.39 is 53.9 Å². The van der Waals surface area contributed by atoms with Gasteiger partial charge in [-0.05, 0) is 52.0 Å². The number of methoxy groups -OCH3 is 2. The van der Waals surface area contributed by atoms with Crippen LogP contribution in [0.25, 0.3) is 0 Å². The van der Waals surface area contributed by atoms with Gasteiger partial charge in [0.15, 0.2) is 6.10 Å². The summed E-state index contributed by atoms with van der Waals surface area (Å²) in [4.78, 5) is 51.4. The Morgan fingerprint density at radius 2 is 1.81 bits per heavy atom. The highest BCUT2D eigenvalue weighted by Gasteiger charge is 2.33. The second-order valence-corrected chi connectivity index (χ2v) is 11.2. The van der Waals surface area contributed by atoms with Crippen molar-refractivity contribution in [1.29, 1.82) is 0 Å². The van der Waals surface area contributed by atoms with Crippen LogP contribution in [0.1, 0.15) is 54.4 Å². The number of hydrogen-bond acceptors (Lipinski definition) is 9. The fourth-order valence-electron chi connectivity index (χ4n) is 5.03. The molecule has 232 valence electrons. The molecule has 0 saturated carbocycles. The number of carbonyl (C=O) groups is 4. The van der Waals surface area contributed by atoms with Crippen molar-refractivity contribution >= 4 is 23.6 Å². The van der Waals surface area contributed by atoms with Crippen molar-refractivity contribution < 1.29 is 38.5 Å². The van der Waals surface area contributed by atoms with Crippen molar-refractivity contribution in [1.82, 2.24) is 10.6 Å². The van der Waals surface area contributed by atoms with E-state index >= 15 is 0 Å². The number of nitrogens with two attached hydrogens (primary N) is 1. The highest BCUT2D eigenvalue weighted by atomic mass is 16.6. The van der Waals surface area contributed by atoms with Gasteiger partial charge in [0.25, 0.3) is 5.91 Å². The summed E-state index contributed by atoms with van der Waals surface area (Å²) in [6.07, 6.45) is 3.89. The molecule has 0 fully saturated rings. The third kappa shape index (κ3) is 9.23. The van der Waals surface area contributed by atoms with Crippen molar-refractivity contribution in [2.75, 3.05) is 14.2 Å². The molecule has 2 bridgehead atoms. The van der Waals surface area contributed by atoms with Crippen molar-refractivity contribution in [2.45, 2.75) is 84.8 Å². The Balaban J connectivity index is 2.63. The van der Waals surface area contributed by atoms with Gasteiger partial charge in [0, 0.05) is 43.4 Å². The number of aliphatic hydroxyl groups excluding tert-OH is 1. The monoisotopic (exact) mass is 587 g/mol. The molecule has 1 aliphatic carbocycles. The molecule has 5 N–H and O–H groups in total. The van der Waals surface area contributed by atoms with E-state index in [1.807, 2.05) is 27.7 Å². The maximum Gasteiger partial charge on any atom is 0.405 e. The summed E-state index contributed by atoms with van der Waals surface area (Å²) in [5.41, 5.74) is 6.54. The largest absolute Gasteiger partial charge is 0.439 e. The highest BCUT2D eigenvalue weighted by molar-refractivity contribution is 6.23. The first-order chi connectivity index (χ1) is 19.7. The first-order valence-electron chi connectivity index (χ1n) is 14.0. The molecule has 2 aliphatic rings. The number of hydrogen-bond donors (Lipinski definition) is 4. The second-order valence-electron chi connectivity index (χ2n) is 11.2. The lowest BCUT2D eigenvalue weighted by molar-refractivity contribution is -0.120. The number of rotatable bonds is 5. The zero-order chi connectivity index (χ0) is 31.7. The summed E-state index contributed by atoms with van der Waals surface area (Å²) in [7, 11) is 2.93. The normalized spacial score (nSPS) is 31.9. The summed E-state index contributed by atoms with van der Waals surface area (Å²) in [5.74, 6) is -2.05. The van der Waals surface area contributed by atoms with Gasteiger partial charge in [-0.15, -0.1) is 0 Å². The van der Waals surface area contributed by atoms with Crippen molar-refractivity contribution in [3.8, 4) is 0 Å². The molecule has 11 heteroatoms. The number of ketones is 2. The topological polar surface area (TPSA) is 166 Å². The van der Waals surface area contributed by atoms with Gasteiger partial charge in [-0.3, -0.25) is 14.4 Å². The molecule has 0 aromatic heterocycles. The van der Waals surface area contributed by atoms with Crippen molar-refractivity contribution in [3.05, 3.63) is 58.5 Å². The lowest BCUT2D eigenvalue weighted by Crippen LogP contribution is -2.38. The minimum atomic E-state index is -0.997. The van der Waals surface area contributed by atoms with E-state index in [0.29, 0.717) is 12.0 Å². The van der Waals surface area contributed by atoms with Crippen LogP contribution < -0.4 is 16.4 Å². The van der Waals surface area contributed by atoms with Gasteiger partial charge in [0.2, 0.25) is 11.6 Å². The minimum Gasteiger partial charge on any atom is -0.439 e. The molecule has 1 heterocycles. The Hall–Kier alpha value is -3.54. The van der Waals surface area contributed by atoms with E-state index in [9.17, 15) is 24.3 Å². The quantitative estimate of drug-likeness (QED) is 0.279. The van der Waals surface area contributed by atoms with Crippen molar-refractivity contribution in [3.63, 3.8) is 0 Å². The average molecular weight is 588 g/mol. The van der Waals surface area contributed by atoms with Crippen LogP contribution in [0.5, 0.6) is 0 Å². The molecule has 0 spiro atoms. The second kappa shape index (κ2) is 15.6. The van der Waals surface area contributed by atoms with E-state index in [0.717, 1.165) is 6.08 Å². The van der Waals surface area contributed by atoms with Crippen LogP contribution in [-0.4, -0.2) is 73.4 Å². The van der Waals surface area contributed by atoms with Crippen LogP contribution in [0, 0.1) is 11.8 Å². The number of allylic oxidation sites excluding steroid dienone is 4. The zero-order valence-electron chi connectivity index (χ0n) is 25.7. The summed E-state index contributed by atoms with van der Waals surface area (Å²) >= 11 is 0. The number of amides is 2. The number of nitrogens with one attached hydrogen (secondary N) is 2. The van der Waals surface area contributed by atoms with Gasteiger partial charge < -0.3 is 35.7 Å². The van der Waals surface area contributed by atoms with E-state index in [-0.39, 0.29) is 40.9 Å². The fraction of sp³-hybridized carbons (Fsp3) is 0.548. The standard InChI is InChI=1S/C31H45N3O8/c1-16(2)33-26-21-12-17(3)13-25(41-8)27(36)19(5)14-20(6)29(42-31(32)39)24(40-7)11-9-10-18(4)30(38)34-22(28(21)37)15-23(26)35/h9-11,14-17,19,24-25,27,29,33,36H,12-13H2,1-8H3,(H2,32,39)(H,34,38)/b11-9-,18-10-,20-14-/t17-,19+,24+,25+,27-,29+/m1/s1. The van der Waals surface area contributed by atoms with Gasteiger partial charge >= 0.3 is 6.09 Å². The summed E-state index contributed by atoms with van der Waals surface area (Å²) in [6, 6.07) is -0.110.